The van der Waals surface area contributed by atoms with Gasteiger partial charge in [0.05, 0.1) is 0 Å². The average Bonchev–Trinajstić information content (AvgIpc) is 3.22. The van der Waals surface area contributed by atoms with E-state index in [1.807, 2.05) is 18.3 Å². The summed E-state index contributed by atoms with van der Waals surface area (Å²) in [4.78, 5) is 4.69. The Morgan fingerprint density at radius 1 is 0.385 bits per heavy atom. The molecule has 7 aromatic carbocycles. The van der Waals surface area contributed by atoms with Gasteiger partial charge in [-0.2, -0.15) is 0 Å². The van der Waals surface area contributed by atoms with Crippen molar-refractivity contribution >= 4 is 0 Å². The first-order valence-corrected chi connectivity index (χ1v) is 17.5. The molecule has 0 atom stereocenters. The van der Waals surface area contributed by atoms with E-state index >= 15 is 0 Å². The predicted molar refractivity (Wildman–Crippen MR) is 214 cm³/mol. The van der Waals surface area contributed by atoms with Crippen LogP contribution in [0.25, 0.3) is 66.9 Å². The maximum atomic E-state index is 4.69. The monoisotopic (exact) mass is 845 g/mol. The first-order chi connectivity index (χ1) is 25.0. The second kappa shape index (κ2) is 15.3. The zero-order valence-corrected chi connectivity index (χ0v) is 31.7. The first-order valence-electron chi connectivity index (χ1n) is 17.5. The third kappa shape index (κ3) is 7.36. The molecule has 0 saturated heterocycles. The number of hydrogen-bond acceptors (Lipinski definition) is 1. The van der Waals surface area contributed by atoms with Gasteiger partial charge >= 0.3 is 0 Å². The summed E-state index contributed by atoms with van der Waals surface area (Å²) in [5, 5.41) is 0. The molecule has 1 radical (unpaired) electrons. The molecule has 0 aliphatic rings. The molecule has 0 unspecified atom stereocenters. The summed E-state index contributed by atoms with van der Waals surface area (Å²) >= 11 is 0. The predicted octanol–water partition coefficient (Wildman–Crippen LogP) is 13.2. The largest absolute Gasteiger partial charge is 0.305 e. The van der Waals surface area contributed by atoms with Crippen LogP contribution in [0.2, 0.25) is 0 Å². The van der Waals surface area contributed by atoms with Gasteiger partial charge in [-0.05, 0) is 91.2 Å². The van der Waals surface area contributed by atoms with Crippen LogP contribution in [-0.4, -0.2) is 4.98 Å². The molecule has 253 valence electrons. The number of rotatable bonds is 8. The third-order valence-corrected chi connectivity index (χ3v) is 9.97. The molecule has 1 nitrogen and oxygen atoms in total. The molecule has 8 aromatic rings. The first kappa shape index (κ1) is 34.8. The fraction of sp³-hybridized carbons (Fsp3) is 0.0600. The fourth-order valence-corrected chi connectivity index (χ4v) is 6.92. The second-order valence-corrected chi connectivity index (χ2v) is 13.6. The van der Waals surface area contributed by atoms with E-state index in [0.29, 0.717) is 0 Å². The molecule has 0 fully saturated rings. The summed E-state index contributed by atoms with van der Waals surface area (Å²) < 4.78 is 0. The molecule has 0 saturated carbocycles. The van der Waals surface area contributed by atoms with Gasteiger partial charge in [0.1, 0.15) is 0 Å². The molecule has 0 spiro atoms. The minimum atomic E-state index is -0.0632. The number of nitrogens with zero attached hydrogens (tertiary/aromatic N) is 1. The normalized spacial score (nSPS) is 11.1. The van der Waals surface area contributed by atoms with Crippen LogP contribution in [0.1, 0.15) is 25.0 Å². The molecular weight excluding hydrogens is 807 g/mol. The SMILES string of the molecule is CC(C)(c1ccccc1)c1ccc(-c2cccc(-c3cccc(-c4cccc(-c5cc[c-]c(-c6cc(-c7ccccc7)ccn6)c5)c4)c3)c2)cc1.[Ir]. The van der Waals surface area contributed by atoms with E-state index in [-0.39, 0.29) is 25.5 Å². The topological polar surface area (TPSA) is 12.9 Å². The van der Waals surface area contributed by atoms with Crippen molar-refractivity contribution in [1.82, 2.24) is 4.98 Å². The molecule has 1 heterocycles. The van der Waals surface area contributed by atoms with E-state index in [9.17, 15) is 0 Å². The Morgan fingerprint density at radius 2 is 0.808 bits per heavy atom. The smallest absolute Gasteiger partial charge is 0.0166 e. The molecule has 0 aliphatic carbocycles. The van der Waals surface area contributed by atoms with Crippen LogP contribution in [0.5, 0.6) is 0 Å². The Labute approximate surface area is 321 Å². The Balaban J connectivity index is 0.00000420. The van der Waals surface area contributed by atoms with Crippen LogP contribution in [-0.2, 0) is 25.5 Å². The van der Waals surface area contributed by atoms with Crippen LogP contribution in [0.4, 0.5) is 0 Å². The van der Waals surface area contributed by atoms with Crippen molar-refractivity contribution in [2.45, 2.75) is 19.3 Å². The van der Waals surface area contributed by atoms with Gasteiger partial charge in [0.25, 0.3) is 0 Å². The van der Waals surface area contributed by atoms with E-state index in [1.54, 1.807) is 0 Å². The van der Waals surface area contributed by atoms with E-state index in [1.165, 1.54) is 50.1 Å². The summed E-state index contributed by atoms with van der Waals surface area (Å²) in [6.45, 7) is 4.58. The number of aromatic nitrogens is 1. The minimum absolute atomic E-state index is 0. The summed E-state index contributed by atoms with van der Waals surface area (Å²) in [5.74, 6) is 0. The van der Waals surface area contributed by atoms with Gasteiger partial charge in [-0.25, -0.2) is 0 Å². The number of benzene rings is 7. The van der Waals surface area contributed by atoms with Gasteiger partial charge in [-0.3, -0.25) is 0 Å². The molecule has 8 rings (SSSR count). The van der Waals surface area contributed by atoms with Gasteiger partial charge in [0.2, 0.25) is 0 Å². The Morgan fingerprint density at radius 3 is 1.37 bits per heavy atom. The molecule has 0 bridgehead atoms. The average molecular weight is 845 g/mol. The van der Waals surface area contributed by atoms with Crippen molar-refractivity contribution in [3.63, 3.8) is 0 Å². The fourth-order valence-electron chi connectivity index (χ4n) is 6.92. The maximum Gasteiger partial charge on any atom is 0.0166 e. The summed E-state index contributed by atoms with van der Waals surface area (Å²) in [7, 11) is 0. The standard InChI is InChI=1S/C50H38N.Ir/c1-50(2,47-23-7-4-8-24-47)48-27-25-37(26-28-48)38-15-9-16-39(31-38)40-17-10-18-41(32-40)42-19-11-20-43(33-42)44-21-12-22-46(34-44)49-35-45(29-30-51-49)36-13-5-3-6-14-36;/h3-21,23-35H,1-2H3;/q-1;. The molecule has 0 aliphatic heterocycles. The second-order valence-electron chi connectivity index (χ2n) is 13.6. The van der Waals surface area contributed by atoms with Crippen molar-refractivity contribution in [3.8, 4) is 66.9 Å². The van der Waals surface area contributed by atoms with Crippen LogP contribution >= 0.6 is 0 Å². The molecule has 52 heavy (non-hydrogen) atoms. The van der Waals surface area contributed by atoms with E-state index in [2.05, 4.69) is 196 Å². The van der Waals surface area contributed by atoms with Crippen LogP contribution in [0.3, 0.4) is 0 Å². The zero-order chi connectivity index (χ0) is 34.6. The van der Waals surface area contributed by atoms with Crippen molar-refractivity contribution < 1.29 is 20.1 Å². The van der Waals surface area contributed by atoms with Crippen molar-refractivity contribution in [2.24, 2.45) is 0 Å². The van der Waals surface area contributed by atoms with Gasteiger partial charge in [-0.15, -0.1) is 35.4 Å². The van der Waals surface area contributed by atoms with Crippen LogP contribution in [0.15, 0.2) is 194 Å². The molecular formula is C50H38IrN-. The molecule has 0 amide bonds. The van der Waals surface area contributed by atoms with E-state index in [0.717, 1.165) is 27.9 Å². The van der Waals surface area contributed by atoms with Gasteiger partial charge in [0.15, 0.2) is 0 Å². The zero-order valence-electron chi connectivity index (χ0n) is 29.3. The van der Waals surface area contributed by atoms with Crippen LogP contribution < -0.4 is 0 Å². The Kier molecular flexibility index (Phi) is 10.2. The third-order valence-electron chi connectivity index (χ3n) is 9.97. The molecule has 1 aromatic heterocycles. The van der Waals surface area contributed by atoms with E-state index < -0.39 is 0 Å². The van der Waals surface area contributed by atoms with Crippen molar-refractivity contribution in [3.05, 3.63) is 211 Å². The molecule has 2 heteroatoms. The van der Waals surface area contributed by atoms with Gasteiger partial charge in [0, 0.05) is 31.7 Å². The van der Waals surface area contributed by atoms with Gasteiger partial charge < -0.3 is 4.98 Å². The summed E-state index contributed by atoms with van der Waals surface area (Å²) in [6.07, 6.45) is 1.88. The number of pyridine rings is 1. The number of hydrogen-bond donors (Lipinski definition) is 0. The Hall–Kier alpha value is -5.66. The van der Waals surface area contributed by atoms with E-state index in [4.69, 9.17) is 4.98 Å². The van der Waals surface area contributed by atoms with Crippen LogP contribution in [0, 0.1) is 6.07 Å². The quantitative estimate of drug-likeness (QED) is 0.139. The van der Waals surface area contributed by atoms with Gasteiger partial charge in [-0.1, -0.05) is 159 Å². The van der Waals surface area contributed by atoms with Crippen molar-refractivity contribution in [1.29, 1.82) is 0 Å². The maximum absolute atomic E-state index is 4.69. The Bertz CT molecular complexity index is 2430. The summed E-state index contributed by atoms with van der Waals surface area (Å²) in [6, 6.07) is 70.7. The van der Waals surface area contributed by atoms with Crippen molar-refractivity contribution in [2.75, 3.05) is 0 Å². The minimum Gasteiger partial charge on any atom is -0.305 e. The molecule has 0 N–H and O–H groups in total. The summed E-state index contributed by atoms with van der Waals surface area (Å²) in [5.41, 5.74) is 16.3.